The second kappa shape index (κ2) is 8.11. The lowest BCUT2D eigenvalue weighted by molar-refractivity contribution is -0.115. The molecule has 0 bridgehead atoms. The van der Waals surface area contributed by atoms with Gasteiger partial charge in [-0.15, -0.1) is 21.5 Å². The van der Waals surface area contributed by atoms with Crippen molar-refractivity contribution in [3.63, 3.8) is 0 Å². The lowest BCUT2D eigenvalue weighted by Crippen LogP contribution is -2.22. The third kappa shape index (κ3) is 4.20. The van der Waals surface area contributed by atoms with Crippen LogP contribution >= 0.6 is 34.7 Å². The van der Waals surface area contributed by atoms with Gasteiger partial charge in [-0.25, -0.2) is 0 Å². The van der Waals surface area contributed by atoms with Crippen LogP contribution in [0.25, 0.3) is 10.8 Å². The van der Waals surface area contributed by atoms with Gasteiger partial charge in [0, 0.05) is 11.1 Å². The molecule has 2 aromatic heterocycles. The lowest BCUT2D eigenvalue weighted by atomic mass is 10.2. The van der Waals surface area contributed by atoms with Gasteiger partial charge in [0.05, 0.1) is 22.9 Å². The molecule has 0 saturated carbocycles. The Labute approximate surface area is 163 Å². The number of halogens is 1. The normalized spacial score (nSPS) is 12.0. The molecule has 2 heterocycles. The van der Waals surface area contributed by atoms with E-state index in [1.54, 1.807) is 19.1 Å². The molecular weight excluding hydrogens is 394 g/mol. The van der Waals surface area contributed by atoms with Crippen LogP contribution in [-0.4, -0.2) is 28.5 Å². The van der Waals surface area contributed by atoms with Crippen molar-refractivity contribution in [2.24, 2.45) is 0 Å². The molecule has 9 heteroatoms. The summed E-state index contributed by atoms with van der Waals surface area (Å²) in [4.78, 5) is 13.4. The minimum atomic E-state index is -0.438. The maximum absolute atomic E-state index is 12.5. The average molecular weight is 410 g/mol. The Morgan fingerprint density at radius 3 is 2.92 bits per heavy atom. The van der Waals surface area contributed by atoms with E-state index in [0.29, 0.717) is 27.6 Å². The largest absolute Gasteiger partial charge is 0.495 e. The number of anilines is 1. The van der Waals surface area contributed by atoms with Crippen LogP contribution in [0.4, 0.5) is 5.69 Å². The highest BCUT2D eigenvalue weighted by Crippen LogP contribution is 2.32. The molecule has 0 radical (unpaired) electrons. The third-order valence-electron chi connectivity index (χ3n) is 3.52. The summed E-state index contributed by atoms with van der Waals surface area (Å²) in [5, 5.41) is 13.3. The number of aryl methyl sites for hydroxylation is 1. The van der Waals surface area contributed by atoms with E-state index in [1.165, 1.54) is 30.2 Å². The molecule has 0 aliphatic carbocycles. The van der Waals surface area contributed by atoms with Crippen LogP contribution in [0.3, 0.4) is 0 Å². The Morgan fingerprint density at radius 2 is 2.23 bits per heavy atom. The van der Waals surface area contributed by atoms with Gasteiger partial charge in [0.25, 0.3) is 11.1 Å². The molecule has 0 spiro atoms. The fourth-order valence-corrected chi connectivity index (χ4v) is 3.61. The van der Waals surface area contributed by atoms with E-state index in [1.807, 2.05) is 24.4 Å². The zero-order valence-corrected chi connectivity index (χ0v) is 16.7. The summed E-state index contributed by atoms with van der Waals surface area (Å²) in [6, 6.07) is 7.26. The van der Waals surface area contributed by atoms with E-state index in [2.05, 4.69) is 15.5 Å². The fraction of sp³-hybridized carbons (Fsp3) is 0.235. The Morgan fingerprint density at radius 1 is 1.42 bits per heavy atom. The van der Waals surface area contributed by atoms with Gasteiger partial charge < -0.3 is 14.5 Å². The molecule has 1 aromatic carbocycles. The van der Waals surface area contributed by atoms with Crippen molar-refractivity contribution in [2.75, 3.05) is 12.4 Å². The minimum Gasteiger partial charge on any atom is -0.495 e. The predicted molar refractivity (Wildman–Crippen MR) is 104 cm³/mol. The van der Waals surface area contributed by atoms with Crippen LogP contribution in [0.1, 0.15) is 12.5 Å². The monoisotopic (exact) mass is 409 g/mol. The number of ether oxygens (including phenoxy) is 1. The van der Waals surface area contributed by atoms with Crippen LogP contribution in [0.5, 0.6) is 5.75 Å². The van der Waals surface area contributed by atoms with Crippen molar-refractivity contribution in [3.8, 4) is 16.5 Å². The molecule has 3 rings (SSSR count). The molecule has 1 amide bonds. The number of amides is 1. The summed E-state index contributed by atoms with van der Waals surface area (Å²) in [5.41, 5.74) is 1.41. The van der Waals surface area contributed by atoms with Gasteiger partial charge in [-0.05, 0) is 36.9 Å². The van der Waals surface area contributed by atoms with E-state index in [9.17, 15) is 4.79 Å². The number of hydrogen-bond acceptors (Lipinski definition) is 7. The van der Waals surface area contributed by atoms with Crippen LogP contribution < -0.4 is 10.1 Å². The van der Waals surface area contributed by atoms with Crippen molar-refractivity contribution in [3.05, 3.63) is 40.2 Å². The zero-order chi connectivity index (χ0) is 18.7. The summed E-state index contributed by atoms with van der Waals surface area (Å²) in [7, 11) is 1.53. The van der Waals surface area contributed by atoms with Crippen molar-refractivity contribution < 1.29 is 13.9 Å². The van der Waals surface area contributed by atoms with Gasteiger partial charge in [-0.1, -0.05) is 29.4 Å². The molecule has 3 aromatic rings. The number of thioether (sulfide) groups is 1. The first kappa shape index (κ1) is 18.8. The number of methoxy groups -OCH3 is 1. The first-order valence-electron chi connectivity index (χ1n) is 7.67. The van der Waals surface area contributed by atoms with Gasteiger partial charge in [-0.2, -0.15) is 0 Å². The molecular formula is C17H16ClN3O3S2. The Balaban J connectivity index is 1.68. The van der Waals surface area contributed by atoms with Gasteiger partial charge in [0.1, 0.15) is 5.75 Å². The molecule has 136 valence electrons. The van der Waals surface area contributed by atoms with Gasteiger partial charge in [-0.3, -0.25) is 4.79 Å². The summed E-state index contributed by atoms with van der Waals surface area (Å²) in [6.45, 7) is 3.63. The number of nitrogens with one attached hydrogen (secondary N) is 1. The fourth-order valence-electron chi connectivity index (χ4n) is 2.13. The average Bonchev–Trinajstić information content (AvgIpc) is 3.29. The maximum atomic E-state index is 12.5. The standard InChI is InChI=1S/C17H16ClN3O3S2/c1-9-7-12(13(23-3)8-11(9)18)19-15(22)10(2)26-17-21-20-16(24-17)14-5-4-6-25-14/h4-8,10H,1-3H3,(H,19,22)/t10-/m0/s1. The number of carbonyl (C=O) groups excluding carboxylic acids is 1. The van der Waals surface area contributed by atoms with E-state index >= 15 is 0 Å². The van der Waals surface area contributed by atoms with E-state index in [0.717, 1.165) is 10.4 Å². The molecule has 0 saturated heterocycles. The van der Waals surface area contributed by atoms with Crippen molar-refractivity contribution in [1.29, 1.82) is 0 Å². The smallest absolute Gasteiger partial charge is 0.277 e. The molecule has 1 atom stereocenters. The SMILES string of the molecule is COc1cc(Cl)c(C)cc1NC(=O)[C@H](C)Sc1nnc(-c2cccs2)o1. The number of nitrogens with zero attached hydrogens (tertiary/aromatic N) is 2. The highest BCUT2D eigenvalue weighted by molar-refractivity contribution is 8.00. The molecule has 0 aliphatic rings. The lowest BCUT2D eigenvalue weighted by Gasteiger charge is -2.14. The number of carbonyl (C=O) groups is 1. The molecule has 1 N–H and O–H groups in total. The summed E-state index contributed by atoms with van der Waals surface area (Å²) >= 11 is 8.80. The second-order valence-electron chi connectivity index (χ2n) is 5.40. The number of aromatic nitrogens is 2. The molecule has 6 nitrogen and oxygen atoms in total. The molecule has 26 heavy (non-hydrogen) atoms. The topological polar surface area (TPSA) is 77.2 Å². The van der Waals surface area contributed by atoms with E-state index in [-0.39, 0.29) is 5.91 Å². The third-order valence-corrected chi connectivity index (χ3v) is 5.72. The number of benzene rings is 1. The predicted octanol–water partition coefficient (Wildman–Crippen LogP) is 4.89. The first-order valence-corrected chi connectivity index (χ1v) is 9.80. The van der Waals surface area contributed by atoms with Crippen LogP contribution in [-0.2, 0) is 4.79 Å². The van der Waals surface area contributed by atoms with Crippen LogP contribution in [0, 0.1) is 6.92 Å². The van der Waals surface area contributed by atoms with Crippen molar-refractivity contribution in [2.45, 2.75) is 24.3 Å². The molecule has 0 fully saturated rings. The number of hydrogen-bond donors (Lipinski definition) is 1. The molecule has 0 unspecified atom stereocenters. The van der Waals surface area contributed by atoms with E-state index < -0.39 is 5.25 Å². The maximum Gasteiger partial charge on any atom is 0.277 e. The summed E-state index contributed by atoms with van der Waals surface area (Å²) in [6.07, 6.45) is 0. The molecule has 0 aliphatic heterocycles. The Hall–Kier alpha value is -2.03. The summed E-state index contributed by atoms with van der Waals surface area (Å²) in [5.74, 6) is 0.750. The van der Waals surface area contributed by atoms with Gasteiger partial charge in [0.15, 0.2) is 0 Å². The number of thiophene rings is 1. The van der Waals surface area contributed by atoms with Crippen LogP contribution in [0.2, 0.25) is 5.02 Å². The van der Waals surface area contributed by atoms with Crippen molar-refractivity contribution >= 4 is 46.3 Å². The minimum absolute atomic E-state index is 0.203. The highest BCUT2D eigenvalue weighted by Gasteiger charge is 2.20. The first-order chi connectivity index (χ1) is 12.5. The quantitative estimate of drug-likeness (QED) is 0.584. The highest BCUT2D eigenvalue weighted by atomic mass is 35.5. The Kier molecular flexibility index (Phi) is 5.85. The zero-order valence-electron chi connectivity index (χ0n) is 14.3. The van der Waals surface area contributed by atoms with Crippen LogP contribution in [0.15, 0.2) is 39.3 Å². The summed E-state index contributed by atoms with van der Waals surface area (Å²) < 4.78 is 10.9. The van der Waals surface area contributed by atoms with Gasteiger partial charge >= 0.3 is 0 Å². The number of rotatable bonds is 6. The van der Waals surface area contributed by atoms with Gasteiger partial charge in [0.2, 0.25) is 5.91 Å². The second-order valence-corrected chi connectivity index (χ2v) is 8.05. The van der Waals surface area contributed by atoms with Crippen molar-refractivity contribution in [1.82, 2.24) is 10.2 Å². The Bertz CT molecular complexity index is 912. The van der Waals surface area contributed by atoms with E-state index in [4.69, 9.17) is 20.8 Å².